The number of benzene rings is 4. The van der Waals surface area contributed by atoms with E-state index >= 15 is 0 Å². The highest BCUT2D eigenvalue weighted by atomic mass is 16.5. The molecule has 4 aromatic rings. The summed E-state index contributed by atoms with van der Waals surface area (Å²) >= 11 is 0. The van der Waals surface area contributed by atoms with Gasteiger partial charge in [-0.2, -0.15) is 5.26 Å². The van der Waals surface area contributed by atoms with Gasteiger partial charge in [0.05, 0.1) is 6.61 Å². The van der Waals surface area contributed by atoms with Crippen LogP contribution in [0.15, 0.2) is 103 Å². The van der Waals surface area contributed by atoms with E-state index < -0.39 is 5.91 Å². The number of hydrogen-bond donors (Lipinski definition) is 1. The van der Waals surface area contributed by atoms with Gasteiger partial charge in [-0.3, -0.25) is 4.79 Å². The minimum Gasteiger partial charge on any atom is -0.490 e. The highest BCUT2D eigenvalue weighted by Gasteiger charge is 2.13. The lowest BCUT2D eigenvalue weighted by molar-refractivity contribution is -0.112. The molecule has 1 amide bonds. The molecule has 0 fully saturated rings. The van der Waals surface area contributed by atoms with Gasteiger partial charge in [0.15, 0.2) is 11.5 Å². The van der Waals surface area contributed by atoms with Gasteiger partial charge < -0.3 is 19.5 Å². The highest BCUT2D eigenvalue weighted by Crippen LogP contribution is 2.30. The smallest absolute Gasteiger partial charge is 0.266 e. The summed E-state index contributed by atoms with van der Waals surface area (Å²) in [4.78, 5) is 12.8. The Bertz CT molecular complexity index is 1490. The number of rotatable bonds is 11. The summed E-state index contributed by atoms with van der Waals surface area (Å²) in [5, 5.41) is 12.4. The maximum Gasteiger partial charge on any atom is 0.266 e. The minimum atomic E-state index is -0.481. The first kappa shape index (κ1) is 27.0. The summed E-state index contributed by atoms with van der Waals surface area (Å²) in [6, 6.07) is 32.4. The van der Waals surface area contributed by atoms with Crippen molar-refractivity contribution in [1.82, 2.24) is 0 Å². The van der Waals surface area contributed by atoms with Crippen LogP contribution in [0.3, 0.4) is 0 Å². The van der Waals surface area contributed by atoms with E-state index in [9.17, 15) is 10.1 Å². The number of nitrogens with one attached hydrogen (secondary N) is 1. The predicted molar refractivity (Wildman–Crippen MR) is 153 cm³/mol. The monoisotopic (exact) mass is 518 g/mol. The number of ether oxygens (including phenoxy) is 3. The third-order valence-corrected chi connectivity index (χ3v) is 5.80. The van der Waals surface area contributed by atoms with Crippen LogP contribution in [0.5, 0.6) is 17.2 Å². The Morgan fingerprint density at radius 1 is 0.795 bits per heavy atom. The summed E-state index contributed by atoms with van der Waals surface area (Å²) in [6.45, 7) is 5.07. The largest absolute Gasteiger partial charge is 0.490 e. The number of nitriles is 1. The molecule has 4 aromatic carbocycles. The van der Waals surface area contributed by atoms with Crippen molar-refractivity contribution in [3.8, 4) is 23.3 Å². The molecule has 0 aliphatic rings. The molecule has 0 unspecified atom stereocenters. The van der Waals surface area contributed by atoms with Crippen LogP contribution in [-0.4, -0.2) is 12.5 Å². The topological polar surface area (TPSA) is 80.6 Å². The molecule has 6 heteroatoms. The number of carbonyl (C=O) groups is 1. The summed E-state index contributed by atoms with van der Waals surface area (Å²) in [5.41, 5.74) is 4.21. The van der Waals surface area contributed by atoms with Gasteiger partial charge in [0.25, 0.3) is 5.91 Å². The molecular formula is C33H30N2O4. The Hall–Kier alpha value is -5.02. The second-order valence-corrected chi connectivity index (χ2v) is 8.81. The van der Waals surface area contributed by atoms with Gasteiger partial charge in [0.1, 0.15) is 30.6 Å². The molecule has 6 nitrogen and oxygen atoms in total. The third-order valence-electron chi connectivity index (χ3n) is 5.80. The number of aryl methyl sites for hydroxylation is 1. The minimum absolute atomic E-state index is 0.0221. The fourth-order valence-electron chi connectivity index (χ4n) is 3.88. The quantitative estimate of drug-likeness (QED) is 0.169. The fourth-order valence-corrected chi connectivity index (χ4v) is 3.88. The van der Waals surface area contributed by atoms with Crippen LogP contribution < -0.4 is 19.5 Å². The molecule has 0 aliphatic carbocycles. The van der Waals surface area contributed by atoms with Crippen LogP contribution in [0.1, 0.15) is 29.2 Å². The van der Waals surface area contributed by atoms with Gasteiger partial charge >= 0.3 is 0 Å². The van der Waals surface area contributed by atoms with Crippen molar-refractivity contribution in [2.24, 2.45) is 0 Å². The molecule has 0 aromatic heterocycles. The SMILES string of the molecule is CCOc1cc(COc2ccccc2/C=C(\C#N)C(=O)Nc2cccc(C)c2)ccc1OCc1ccccc1. The van der Waals surface area contributed by atoms with Crippen molar-refractivity contribution in [3.05, 3.63) is 125 Å². The van der Waals surface area contributed by atoms with Crippen LogP contribution in [0, 0.1) is 18.3 Å². The lowest BCUT2D eigenvalue weighted by Crippen LogP contribution is -2.13. The number of hydrogen-bond acceptors (Lipinski definition) is 5. The lowest BCUT2D eigenvalue weighted by Gasteiger charge is -2.15. The molecule has 0 spiro atoms. The molecule has 196 valence electrons. The van der Waals surface area contributed by atoms with Crippen LogP contribution in [-0.2, 0) is 18.0 Å². The van der Waals surface area contributed by atoms with E-state index in [2.05, 4.69) is 5.32 Å². The van der Waals surface area contributed by atoms with E-state index in [0.29, 0.717) is 41.7 Å². The molecule has 0 heterocycles. The van der Waals surface area contributed by atoms with E-state index in [4.69, 9.17) is 14.2 Å². The fraction of sp³-hybridized carbons (Fsp3) is 0.152. The number of para-hydroxylation sites is 1. The highest BCUT2D eigenvalue weighted by molar-refractivity contribution is 6.09. The molecule has 4 rings (SSSR count). The van der Waals surface area contributed by atoms with E-state index in [0.717, 1.165) is 16.7 Å². The first-order valence-electron chi connectivity index (χ1n) is 12.7. The van der Waals surface area contributed by atoms with Gasteiger partial charge in [-0.15, -0.1) is 0 Å². The Kier molecular flexibility index (Phi) is 9.36. The Morgan fingerprint density at radius 2 is 1.54 bits per heavy atom. The van der Waals surface area contributed by atoms with Crippen LogP contribution in [0.2, 0.25) is 0 Å². The molecule has 0 bridgehead atoms. The number of anilines is 1. The molecule has 39 heavy (non-hydrogen) atoms. The number of amides is 1. The van der Waals surface area contributed by atoms with Crippen LogP contribution >= 0.6 is 0 Å². The van der Waals surface area contributed by atoms with Gasteiger partial charge in [0, 0.05) is 11.3 Å². The Morgan fingerprint density at radius 3 is 2.31 bits per heavy atom. The molecular weight excluding hydrogens is 488 g/mol. The van der Waals surface area contributed by atoms with Crippen molar-refractivity contribution < 1.29 is 19.0 Å². The second kappa shape index (κ2) is 13.5. The zero-order valence-electron chi connectivity index (χ0n) is 22.0. The van der Waals surface area contributed by atoms with Gasteiger partial charge in [-0.25, -0.2) is 0 Å². The standard InChI is InChI=1S/C33H30N2O4/c1-3-37-32-19-26(16-17-31(32)39-22-25-11-5-4-6-12-25)23-38-30-15-8-7-13-27(30)20-28(21-34)33(36)35-29-14-9-10-24(2)18-29/h4-20H,3,22-23H2,1-2H3,(H,35,36)/b28-20+. The van der Waals surface area contributed by atoms with Gasteiger partial charge in [-0.05, 0) is 66.9 Å². The normalized spacial score (nSPS) is 10.8. The Balaban J connectivity index is 1.46. The zero-order valence-corrected chi connectivity index (χ0v) is 22.0. The molecule has 1 N–H and O–H groups in total. The van der Waals surface area contributed by atoms with Gasteiger partial charge in [-0.1, -0.05) is 66.7 Å². The summed E-state index contributed by atoms with van der Waals surface area (Å²) in [7, 11) is 0. The van der Waals surface area contributed by atoms with Crippen molar-refractivity contribution in [1.29, 1.82) is 5.26 Å². The van der Waals surface area contributed by atoms with Gasteiger partial charge in [0.2, 0.25) is 0 Å². The molecule has 0 saturated heterocycles. The van der Waals surface area contributed by atoms with Crippen LogP contribution in [0.25, 0.3) is 6.08 Å². The summed E-state index contributed by atoms with van der Waals surface area (Å²) in [6.07, 6.45) is 1.53. The summed E-state index contributed by atoms with van der Waals surface area (Å²) < 4.78 is 17.9. The molecule has 0 atom stereocenters. The lowest BCUT2D eigenvalue weighted by atomic mass is 10.1. The van der Waals surface area contributed by atoms with Crippen LogP contribution in [0.4, 0.5) is 5.69 Å². The van der Waals surface area contributed by atoms with Crippen molar-refractivity contribution in [2.75, 3.05) is 11.9 Å². The Labute approximate surface area is 229 Å². The van der Waals surface area contributed by atoms with Crippen molar-refractivity contribution in [2.45, 2.75) is 27.1 Å². The first-order chi connectivity index (χ1) is 19.1. The maximum absolute atomic E-state index is 12.8. The number of carbonyl (C=O) groups excluding carboxylic acids is 1. The molecule has 0 aliphatic heterocycles. The van der Waals surface area contributed by atoms with E-state index in [1.54, 1.807) is 18.2 Å². The van der Waals surface area contributed by atoms with E-state index in [1.807, 2.05) is 98.8 Å². The van der Waals surface area contributed by atoms with Crippen molar-refractivity contribution >= 4 is 17.7 Å². The average Bonchev–Trinajstić information content (AvgIpc) is 2.95. The van der Waals surface area contributed by atoms with Crippen molar-refractivity contribution in [3.63, 3.8) is 0 Å². The first-order valence-corrected chi connectivity index (χ1v) is 12.7. The second-order valence-electron chi connectivity index (χ2n) is 8.81. The van der Waals surface area contributed by atoms with E-state index in [-0.39, 0.29) is 12.2 Å². The number of nitrogens with zero attached hydrogens (tertiary/aromatic N) is 1. The molecule has 0 radical (unpaired) electrons. The predicted octanol–water partition coefficient (Wildman–Crippen LogP) is 7.10. The third kappa shape index (κ3) is 7.73. The van der Waals surface area contributed by atoms with E-state index in [1.165, 1.54) is 6.08 Å². The summed E-state index contributed by atoms with van der Waals surface area (Å²) in [5.74, 6) is 1.37. The zero-order chi connectivity index (χ0) is 27.5. The maximum atomic E-state index is 12.8. The average molecular weight is 519 g/mol. The molecule has 0 saturated carbocycles.